The first kappa shape index (κ1) is 27.4. The third-order valence-electron chi connectivity index (χ3n) is 11.6. The van der Waals surface area contributed by atoms with Gasteiger partial charge in [0.25, 0.3) is 0 Å². The molecular formula is C46H31BN4. The zero-order valence-corrected chi connectivity index (χ0v) is 27.8. The summed E-state index contributed by atoms with van der Waals surface area (Å²) in [5.74, 6) is 2.88. The van der Waals surface area contributed by atoms with Gasteiger partial charge in [-0.1, -0.05) is 127 Å². The molecule has 7 aromatic rings. The van der Waals surface area contributed by atoms with Crippen LogP contribution < -0.4 is 15.1 Å². The number of allylic oxidation sites excluding steroid dienone is 9. The van der Waals surface area contributed by atoms with Gasteiger partial charge in [0.15, 0.2) is 0 Å². The summed E-state index contributed by atoms with van der Waals surface area (Å²) in [5.41, 5.74) is 13.8. The summed E-state index contributed by atoms with van der Waals surface area (Å²) in [6, 6.07) is 46.9. The van der Waals surface area contributed by atoms with Crippen LogP contribution in [-0.4, -0.2) is 16.1 Å². The Labute approximate surface area is 296 Å². The van der Waals surface area contributed by atoms with Crippen molar-refractivity contribution in [3.05, 3.63) is 182 Å². The monoisotopic (exact) mass is 650 g/mol. The quantitative estimate of drug-likeness (QED) is 0.173. The van der Waals surface area contributed by atoms with E-state index in [9.17, 15) is 0 Å². The summed E-state index contributed by atoms with van der Waals surface area (Å²) >= 11 is 0. The molecule has 2 aromatic heterocycles. The van der Waals surface area contributed by atoms with Gasteiger partial charge in [-0.25, -0.2) is 0 Å². The number of benzene rings is 5. The third-order valence-corrected chi connectivity index (χ3v) is 11.6. The van der Waals surface area contributed by atoms with Crippen LogP contribution in [0.2, 0.25) is 0 Å². The largest absolute Gasteiger partial charge is 0.424 e. The van der Waals surface area contributed by atoms with Crippen molar-refractivity contribution < 1.29 is 0 Å². The second-order valence-corrected chi connectivity index (χ2v) is 14.1. The van der Waals surface area contributed by atoms with Crippen LogP contribution in [0.4, 0.5) is 17.3 Å². The number of nitrogens with zero attached hydrogens (tertiary/aromatic N) is 4. The lowest BCUT2D eigenvalue weighted by Gasteiger charge is -2.47. The molecule has 2 atom stereocenters. The highest BCUT2D eigenvalue weighted by atomic mass is 15.3. The number of anilines is 3. The molecule has 0 radical (unpaired) electrons. The van der Waals surface area contributed by atoms with Gasteiger partial charge >= 0.3 is 6.98 Å². The molecule has 5 heterocycles. The topological polar surface area (TPSA) is 16.3 Å². The summed E-state index contributed by atoms with van der Waals surface area (Å²) < 4.78 is 5.08. The minimum atomic E-state index is -0.167. The van der Waals surface area contributed by atoms with Gasteiger partial charge < -0.3 is 9.62 Å². The van der Waals surface area contributed by atoms with Gasteiger partial charge in [0.1, 0.15) is 11.6 Å². The number of hydrogen-bond donors (Lipinski definition) is 0. The van der Waals surface area contributed by atoms with Crippen molar-refractivity contribution in [3.63, 3.8) is 0 Å². The Morgan fingerprint density at radius 1 is 0.510 bits per heavy atom. The fourth-order valence-corrected chi connectivity index (χ4v) is 9.60. The molecular weight excluding hydrogens is 619 g/mol. The molecule has 0 saturated carbocycles. The second kappa shape index (κ2) is 10.1. The molecule has 0 amide bonds. The van der Waals surface area contributed by atoms with E-state index < -0.39 is 0 Å². The average Bonchev–Trinajstić information content (AvgIpc) is 3.65. The van der Waals surface area contributed by atoms with Gasteiger partial charge in [0.05, 0.1) is 11.0 Å². The second-order valence-electron chi connectivity index (χ2n) is 14.1. The minimum absolute atomic E-state index is 0.167. The van der Waals surface area contributed by atoms with Crippen LogP contribution in [0, 0.1) is 11.8 Å². The molecule has 0 saturated heterocycles. The van der Waals surface area contributed by atoms with Crippen LogP contribution in [0.15, 0.2) is 182 Å². The van der Waals surface area contributed by atoms with E-state index in [1.165, 1.54) is 72.6 Å². The Kier molecular flexibility index (Phi) is 5.40. The van der Waals surface area contributed by atoms with Crippen molar-refractivity contribution in [1.29, 1.82) is 0 Å². The van der Waals surface area contributed by atoms with Crippen LogP contribution in [-0.2, 0) is 0 Å². The SMILES string of the molecule is C1=CC2/C=C/C=C\C3=CC2C(=C1)n1c2c(c4ccccc41)-c1cccc4c1B(N32)N(c1ccccc1)c1c-4c2ccccc2n1-c1ccccc1. The fraction of sp³-hybridized carbons (Fsp3) is 0.0435. The third kappa shape index (κ3) is 3.50. The van der Waals surface area contributed by atoms with Crippen LogP contribution in [0.25, 0.3) is 55.4 Å². The van der Waals surface area contributed by atoms with E-state index in [0.29, 0.717) is 0 Å². The Balaban J connectivity index is 1.29. The lowest BCUT2D eigenvalue weighted by Crippen LogP contribution is -2.63. The molecule has 2 aliphatic carbocycles. The number of rotatable bonds is 2. The maximum absolute atomic E-state index is 2.66. The van der Waals surface area contributed by atoms with Crippen molar-refractivity contribution in [2.45, 2.75) is 0 Å². The van der Waals surface area contributed by atoms with E-state index >= 15 is 0 Å². The Morgan fingerprint density at radius 3 is 1.84 bits per heavy atom. The highest BCUT2D eigenvalue weighted by molar-refractivity contribution is 6.86. The smallest absolute Gasteiger partial charge is 0.347 e. The molecule has 238 valence electrons. The van der Waals surface area contributed by atoms with Crippen molar-refractivity contribution in [3.8, 4) is 27.9 Å². The van der Waals surface area contributed by atoms with E-state index in [-0.39, 0.29) is 18.8 Å². The summed E-state index contributed by atoms with van der Waals surface area (Å²) in [4.78, 5) is 5.29. The lowest BCUT2D eigenvalue weighted by molar-refractivity contribution is 0.661. The van der Waals surface area contributed by atoms with Gasteiger partial charge in [0.2, 0.25) is 0 Å². The van der Waals surface area contributed by atoms with Crippen LogP contribution in [0.5, 0.6) is 0 Å². The average molecular weight is 651 g/mol. The first-order chi connectivity index (χ1) is 25.4. The van der Waals surface area contributed by atoms with Crippen molar-refractivity contribution in [2.75, 3.05) is 9.62 Å². The molecule has 0 N–H and O–H groups in total. The molecule has 2 bridgehead atoms. The predicted molar refractivity (Wildman–Crippen MR) is 213 cm³/mol. The molecule has 12 rings (SSSR count). The normalized spacial score (nSPS) is 20.1. The van der Waals surface area contributed by atoms with Crippen LogP contribution in [0.1, 0.15) is 0 Å². The molecule has 5 aliphatic rings. The molecule has 4 nitrogen and oxygen atoms in total. The zero-order valence-electron chi connectivity index (χ0n) is 27.8. The van der Waals surface area contributed by atoms with Gasteiger partial charge in [-0.05, 0) is 65.1 Å². The fourth-order valence-electron chi connectivity index (χ4n) is 9.60. The molecule has 5 heteroatoms. The van der Waals surface area contributed by atoms with Gasteiger partial charge in [-0.3, -0.25) is 9.13 Å². The maximum Gasteiger partial charge on any atom is 0.424 e. The van der Waals surface area contributed by atoms with Crippen LogP contribution in [0.3, 0.4) is 0 Å². The van der Waals surface area contributed by atoms with Crippen molar-refractivity contribution in [1.82, 2.24) is 9.13 Å². The standard InChI is InChI=1S/C46H31BN4/c1-3-17-31(18-4-1)48-39-26-11-9-22-34(39)42-36-24-14-25-37-43-35-23-10-12-27-40(35)49-41-28-13-16-30-15-7-8-21-33(29-38(30)41)51(46(43)49)47(44(36)37)50(45(42)48)32-19-5-2-6-20-32/h1-30,38H/b15-7+,21-8-. The van der Waals surface area contributed by atoms with E-state index in [0.717, 1.165) is 11.4 Å². The number of aromatic nitrogens is 2. The Bertz CT molecular complexity index is 2780. The maximum atomic E-state index is 2.66. The highest BCUT2D eigenvalue weighted by Gasteiger charge is 2.52. The number of hydrogen-bond acceptors (Lipinski definition) is 2. The Hall–Kier alpha value is -6.46. The summed E-state index contributed by atoms with van der Waals surface area (Å²) in [5, 5.41) is 2.55. The van der Waals surface area contributed by atoms with Crippen molar-refractivity contribution in [2.24, 2.45) is 11.8 Å². The lowest BCUT2D eigenvalue weighted by atomic mass is 9.54. The van der Waals surface area contributed by atoms with Gasteiger partial charge in [-0.2, -0.15) is 0 Å². The first-order valence-corrected chi connectivity index (χ1v) is 17.9. The number of fused-ring (bicyclic) bond motifs is 11. The zero-order chi connectivity index (χ0) is 33.2. The first-order valence-electron chi connectivity index (χ1n) is 17.9. The van der Waals surface area contributed by atoms with E-state index in [1.807, 2.05) is 0 Å². The highest BCUT2D eigenvalue weighted by Crippen LogP contribution is 2.56. The van der Waals surface area contributed by atoms with Gasteiger partial charge in [-0.15, -0.1) is 0 Å². The Morgan fingerprint density at radius 2 is 1.12 bits per heavy atom. The summed E-state index contributed by atoms with van der Waals surface area (Å²) in [6.45, 7) is -0.167. The summed E-state index contributed by atoms with van der Waals surface area (Å²) in [6.07, 6.45) is 18.6. The molecule has 0 fully saturated rings. The van der Waals surface area contributed by atoms with Crippen LogP contribution >= 0.6 is 0 Å². The minimum Gasteiger partial charge on any atom is -0.347 e. The molecule has 0 spiro atoms. The molecule has 2 unspecified atom stereocenters. The van der Waals surface area contributed by atoms with E-state index in [2.05, 4.69) is 195 Å². The van der Waals surface area contributed by atoms with E-state index in [4.69, 9.17) is 0 Å². The molecule has 5 aromatic carbocycles. The molecule has 51 heavy (non-hydrogen) atoms. The van der Waals surface area contributed by atoms with Crippen molar-refractivity contribution >= 4 is 57.3 Å². The van der Waals surface area contributed by atoms with Gasteiger partial charge in [0, 0.05) is 56.5 Å². The predicted octanol–water partition coefficient (Wildman–Crippen LogP) is 10.3. The van der Waals surface area contributed by atoms with E-state index in [1.54, 1.807) is 0 Å². The summed E-state index contributed by atoms with van der Waals surface area (Å²) in [7, 11) is 0. The molecule has 3 aliphatic heterocycles. The number of para-hydroxylation sites is 4.